The molecule has 0 heterocycles. The van der Waals surface area contributed by atoms with Gasteiger partial charge in [0, 0.05) is 5.56 Å². The normalized spacial score (nSPS) is 11.2. The molecule has 0 unspecified atom stereocenters. The smallest absolute Gasteiger partial charge is 0.150 e. The van der Waals surface area contributed by atoms with Crippen LogP contribution < -0.4 is 9.47 Å². The Morgan fingerprint density at radius 1 is 1.08 bits per heavy atom. The fourth-order valence-corrected chi connectivity index (χ4v) is 2.95. The zero-order valence-electron chi connectivity index (χ0n) is 14.6. The van der Waals surface area contributed by atoms with Gasteiger partial charge in [-0.25, -0.2) is 0 Å². The Morgan fingerprint density at radius 2 is 1.79 bits per heavy atom. The summed E-state index contributed by atoms with van der Waals surface area (Å²) in [5.74, 6) is 1.63. The van der Waals surface area contributed by atoms with Crippen LogP contribution in [-0.4, -0.2) is 19.5 Å². The van der Waals surface area contributed by atoms with Gasteiger partial charge in [-0.3, -0.25) is 4.79 Å². The lowest BCUT2D eigenvalue weighted by molar-refractivity contribution is 0.112. The van der Waals surface area contributed by atoms with Gasteiger partial charge in [-0.1, -0.05) is 39.0 Å². The third-order valence-corrected chi connectivity index (χ3v) is 4.32. The van der Waals surface area contributed by atoms with Gasteiger partial charge in [-0.05, 0) is 57.6 Å². The van der Waals surface area contributed by atoms with Crippen molar-refractivity contribution < 1.29 is 14.3 Å². The van der Waals surface area contributed by atoms with Crippen molar-refractivity contribution in [1.82, 2.24) is 0 Å². The summed E-state index contributed by atoms with van der Waals surface area (Å²) >= 11 is 3.41. The van der Waals surface area contributed by atoms with Crippen molar-refractivity contribution in [3.63, 3.8) is 0 Å². The molecule has 0 aliphatic rings. The van der Waals surface area contributed by atoms with Crippen LogP contribution in [0, 0.1) is 6.92 Å². The lowest BCUT2D eigenvalue weighted by atomic mass is 9.85. The Hall–Kier alpha value is -1.81. The van der Waals surface area contributed by atoms with Crippen LogP contribution in [0.4, 0.5) is 0 Å². The van der Waals surface area contributed by atoms with Gasteiger partial charge in [-0.2, -0.15) is 0 Å². The quantitative estimate of drug-likeness (QED) is 0.494. The molecule has 2 aromatic rings. The van der Waals surface area contributed by atoms with Crippen molar-refractivity contribution in [2.75, 3.05) is 13.2 Å². The molecule has 2 rings (SSSR count). The SMILES string of the molecule is Cc1cccc(C(C)(C)C)c1OCCOc1ccc(C=O)cc1Br. The van der Waals surface area contributed by atoms with Crippen LogP contribution in [0.25, 0.3) is 0 Å². The van der Waals surface area contributed by atoms with Crippen molar-refractivity contribution >= 4 is 22.2 Å². The second kappa shape index (κ2) is 7.84. The number of rotatable bonds is 6. The molecule has 0 aliphatic heterocycles. The highest BCUT2D eigenvalue weighted by Crippen LogP contribution is 2.33. The number of aryl methyl sites for hydroxylation is 1. The minimum absolute atomic E-state index is 0.0237. The maximum Gasteiger partial charge on any atom is 0.150 e. The molecule has 2 aromatic carbocycles. The van der Waals surface area contributed by atoms with Gasteiger partial charge in [0.1, 0.15) is 31.0 Å². The molecule has 0 bridgehead atoms. The lowest BCUT2D eigenvalue weighted by Crippen LogP contribution is -2.16. The Labute approximate surface area is 152 Å². The lowest BCUT2D eigenvalue weighted by Gasteiger charge is -2.24. The number of para-hydroxylation sites is 1. The van der Waals surface area contributed by atoms with Crippen LogP contribution in [-0.2, 0) is 5.41 Å². The number of carbonyl (C=O) groups excluding carboxylic acids is 1. The maximum absolute atomic E-state index is 10.8. The molecule has 0 spiro atoms. The highest BCUT2D eigenvalue weighted by atomic mass is 79.9. The van der Waals surface area contributed by atoms with E-state index in [0.29, 0.717) is 24.5 Å². The maximum atomic E-state index is 10.8. The van der Waals surface area contributed by atoms with Gasteiger partial charge < -0.3 is 9.47 Å². The van der Waals surface area contributed by atoms with Crippen LogP contribution in [0.5, 0.6) is 11.5 Å². The fraction of sp³-hybridized carbons (Fsp3) is 0.350. The minimum atomic E-state index is 0.0237. The third-order valence-electron chi connectivity index (χ3n) is 3.70. The highest BCUT2D eigenvalue weighted by molar-refractivity contribution is 9.10. The first-order valence-electron chi connectivity index (χ1n) is 7.93. The molecule has 3 nitrogen and oxygen atoms in total. The fourth-order valence-electron chi connectivity index (χ4n) is 2.44. The van der Waals surface area contributed by atoms with E-state index in [1.165, 1.54) is 5.56 Å². The molecule has 0 fully saturated rings. The largest absolute Gasteiger partial charge is 0.489 e. The van der Waals surface area contributed by atoms with Crippen molar-refractivity contribution in [3.05, 3.63) is 57.6 Å². The zero-order valence-corrected chi connectivity index (χ0v) is 16.1. The van der Waals surface area contributed by atoms with Crippen LogP contribution in [0.2, 0.25) is 0 Å². The monoisotopic (exact) mass is 390 g/mol. The van der Waals surface area contributed by atoms with Crippen LogP contribution in [0.1, 0.15) is 42.3 Å². The first-order chi connectivity index (χ1) is 11.3. The number of carbonyl (C=O) groups is 1. The summed E-state index contributed by atoms with van der Waals surface area (Å²) in [5.41, 5.74) is 2.95. The van der Waals surface area contributed by atoms with E-state index in [1.54, 1.807) is 18.2 Å². The van der Waals surface area contributed by atoms with E-state index in [0.717, 1.165) is 22.1 Å². The van der Waals surface area contributed by atoms with Gasteiger partial charge in [-0.15, -0.1) is 0 Å². The predicted octanol–water partition coefficient (Wildman–Crippen LogP) is 5.33. The summed E-state index contributed by atoms with van der Waals surface area (Å²) in [7, 11) is 0. The molecule has 128 valence electrons. The van der Waals surface area contributed by atoms with Crippen LogP contribution >= 0.6 is 15.9 Å². The topological polar surface area (TPSA) is 35.5 Å². The average molecular weight is 391 g/mol. The van der Waals surface area contributed by atoms with E-state index in [-0.39, 0.29) is 5.41 Å². The summed E-state index contributed by atoms with van der Waals surface area (Å²) in [6.45, 7) is 9.47. The molecule has 0 saturated heterocycles. The van der Waals surface area contributed by atoms with E-state index in [9.17, 15) is 4.79 Å². The number of aldehydes is 1. The van der Waals surface area contributed by atoms with E-state index in [4.69, 9.17) is 9.47 Å². The standard InChI is InChI=1S/C20H23BrO3/c1-14-6-5-7-16(20(2,3)4)19(14)24-11-10-23-18-9-8-15(13-22)12-17(18)21/h5-9,12-13H,10-11H2,1-4H3. The molecule has 0 N–H and O–H groups in total. The Kier molecular flexibility index (Phi) is 6.05. The summed E-state index contributed by atoms with van der Waals surface area (Å²) in [4.78, 5) is 10.8. The molecule has 4 heteroatoms. The molecular formula is C20H23BrO3. The highest BCUT2D eigenvalue weighted by Gasteiger charge is 2.20. The molecule has 0 atom stereocenters. The Bertz CT molecular complexity index is 717. The number of halogens is 1. The van der Waals surface area contributed by atoms with E-state index >= 15 is 0 Å². The second-order valence-corrected chi connectivity index (χ2v) is 7.56. The summed E-state index contributed by atoms with van der Waals surface area (Å²) in [6, 6.07) is 11.5. The molecule has 0 aliphatic carbocycles. The first kappa shape index (κ1) is 18.5. The Morgan fingerprint density at radius 3 is 2.42 bits per heavy atom. The first-order valence-corrected chi connectivity index (χ1v) is 8.72. The molecule has 0 amide bonds. The van der Waals surface area contributed by atoms with Crippen molar-refractivity contribution in [1.29, 1.82) is 0 Å². The van der Waals surface area contributed by atoms with E-state index in [2.05, 4.69) is 61.8 Å². The van der Waals surface area contributed by atoms with Crippen molar-refractivity contribution in [2.24, 2.45) is 0 Å². The van der Waals surface area contributed by atoms with Gasteiger partial charge in [0.15, 0.2) is 0 Å². The van der Waals surface area contributed by atoms with Crippen LogP contribution in [0.3, 0.4) is 0 Å². The second-order valence-electron chi connectivity index (χ2n) is 6.71. The summed E-state index contributed by atoms with van der Waals surface area (Å²) in [6.07, 6.45) is 0.809. The zero-order chi connectivity index (χ0) is 17.7. The summed E-state index contributed by atoms with van der Waals surface area (Å²) < 4.78 is 12.5. The molecule has 0 radical (unpaired) electrons. The molecular weight excluding hydrogens is 368 g/mol. The van der Waals surface area contributed by atoms with Gasteiger partial charge in [0.25, 0.3) is 0 Å². The van der Waals surface area contributed by atoms with Crippen molar-refractivity contribution in [3.8, 4) is 11.5 Å². The predicted molar refractivity (Wildman–Crippen MR) is 100 cm³/mol. The van der Waals surface area contributed by atoms with Gasteiger partial charge in [0.2, 0.25) is 0 Å². The number of ether oxygens (including phenoxy) is 2. The molecule has 24 heavy (non-hydrogen) atoms. The van der Waals surface area contributed by atoms with Crippen LogP contribution in [0.15, 0.2) is 40.9 Å². The van der Waals surface area contributed by atoms with Crippen molar-refractivity contribution in [2.45, 2.75) is 33.1 Å². The average Bonchev–Trinajstić information content (AvgIpc) is 2.52. The Balaban J connectivity index is 1.99. The number of benzene rings is 2. The molecule has 0 saturated carbocycles. The minimum Gasteiger partial charge on any atom is -0.489 e. The van der Waals surface area contributed by atoms with Gasteiger partial charge in [0.05, 0.1) is 4.47 Å². The number of hydrogen-bond acceptors (Lipinski definition) is 3. The van der Waals surface area contributed by atoms with Gasteiger partial charge >= 0.3 is 0 Å². The third kappa shape index (κ3) is 4.60. The van der Waals surface area contributed by atoms with E-state index in [1.807, 2.05) is 0 Å². The van der Waals surface area contributed by atoms with E-state index < -0.39 is 0 Å². The summed E-state index contributed by atoms with van der Waals surface area (Å²) in [5, 5.41) is 0. The molecule has 0 aromatic heterocycles. The number of hydrogen-bond donors (Lipinski definition) is 0.